The normalized spacial score (nSPS) is 17.5. The number of benzene rings is 1. The highest BCUT2D eigenvalue weighted by Gasteiger charge is 2.43. The van der Waals surface area contributed by atoms with Crippen LogP contribution in [0.1, 0.15) is 47.2 Å². The van der Waals surface area contributed by atoms with E-state index in [-0.39, 0.29) is 5.91 Å². The number of amides is 1. The van der Waals surface area contributed by atoms with Gasteiger partial charge in [0.2, 0.25) is 0 Å². The number of hydrogen-bond acceptors (Lipinski definition) is 5. The molecule has 0 bridgehead atoms. The first-order valence-corrected chi connectivity index (χ1v) is 11.0. The summed E-state index contributed by atoms with van der Waals surface area (Å²) in [5.41, 5.74) is 4.24. The molecule has 3 aromatic rings. The number of ether oxygens (including phenoxy) is 1. The summed E-state index contributed by atoms with van der Waals surface area (Å²) < 4.78 is 8.15. The Morgan fingerprint density at radius 2 is 1.97 bits per heavy atom. The molecule has 4 heterocycles. The summed E-state index contributed by atoms with van der Waals surface area (Å²) in [6.07, 6.45) is 4.24. The Morgan fingerprint density at radius 3 is 2.71 bits per heavy atom. The molecule has 2 aliphatic rings. The molecule has 2 aliphatic heterocycles. The molecule has 0 atom stereocenters. The van der Waals surface area contributed by atoms with Gasteiger partial charge >= 0.3 is 0 Å². The smallest absolute Gasteiger partial charge is 0.272 e. The Hall–Kier alpha value is -3.06. The molecule has 0 radical (unpaired) electrons. The van der Waals surface area contributed by atoms with Crippen LogP contribution in [0.4, 0.5) is 0 Å². The minimum absolute atomic E-state index is 0.0426. The van der Waals surface area contributed by atoms with Crippen molar-refractivity contribution in [3.05, 3.63) is 65.2 Å². The third-order valence-electron chi connectivity index (χ3n) is 6.36. The van der Waals surface area contributed by atoms with Crippen LogP contribution in [-0.4, -0.2) is 50.3 Å². The monoisotopic (exact) mass is 417 g/mol. The van der Waals surface area contributed by atoms with Crippen molar-refractivity contribution in [1.29, 1.82) is 0 Å². The maximum Gasteiger partial charge on any atom is 0.272 e. The zero-order chi connectivity index (χ0) is 21.4. The highest BCUT2D eigenvalue weighted by molar-refractivity contribution is 5.92. The van der Waals surface area contributed by atoms with Crippen LogP contribution in [0.25, 0.3) is 11.4 Å². The van der Waals surface area contributed by atoms with Crippen molar-refractivity contribution < 1.29 is 9.53 Å². The molecule has 31 heavy (non-hydrogen) atoms. The average molecular weight is 418 g/mol. The molecule has 0 unspecified atom stereocenters. The quantitative estimate of drug-likeness (QED) is 0.653. The molecule has 2 aromatic heterocycles. The fourth-order valence-corrected chi connectivity index (χ4v) is 4.71. The molecule has 1 saturated heterocycles. The van der Waals surface area contributed by atoms with Gasteiger partial charge in [0.15, 0.2) is 5.82 Å². The number of nitrogens with zero attached hydrogens (tertiary/aromatic N) is 5. The number of aryl methyl sites for hydroxylation is 2. The van der Waals surface area contributed by atoms with E-state index in [1.54, 1.807) is 4.68 Å². The molecular formula is C24H27N5O2. The molecule has 0 aliphatic carbocycles. The van der Waals surface area contributed by atoms with Crippen molar-refractivity contribution in [2.24, 2.45) is 0 Å². The van der Waals surface area contributed by atoms with Crippen LogP contribution in [0.3, 0.4) is 0 Å². The van der Waals surface area contributed by atoms with Crippen LogP contribution in [-0.2, 0) is 23.3 Å². The van der Waals surface area contributed by atoms with Gasteiger partial charge in [-0.3, -0.25) is 9.48 Å². The number of carbonyl (C=O) groups excluding carboxylic acids is 1. The predicted octanol–water partition coefficient (Wildman–Crippen LogP) is 3.37. The number of rotatable bonds is 3. The number of piperidine rings is 1. The van der Waals surface area contributed by atoms with Crippen LogP contribution < -0.4 is 0 Å². The van der Waals surface area contributed by atoms with Crippen molar-refractivity contribution in [3.8, 4) is 11.4 Å². The van der Waals surface area contributed by atoms with Gasteiger partial charge in [-0.2, -0.15) is 5.10 Å². The van der Waals surface area contributed by atoms with E-state index < -0.39 is 5.60 Å². The standard InChI is InChI=1S/C24H27N5O2/c1-3-29-20(15-17(2)27-29)23(30)28-12-10-24(11-13-28)21-19(9-14-31-24)16-25-22(26-21)18-7-5-4-6-8-18/h4-8,15-16H,3,9-14H2,1-2H3. The second-order valence-corrected chi connectivity index (χ2v) is 8.31. The first kappa shape index (κ1) is 19.9. The molecule has 1 fully saturated rings. The first-order chi connectivity index (χ1) is 15.1. The minimum Gasteiger partial charge on any atom is -0.368 e. The lowest BCUT2D eigenvalue weighted by atomic mass is 9.83. The van der Waals surface area contributed by atoms with Gasteiger partial charge in [0, 0.05) is 31.4 Å². The fourth-order valence-electron chi connectivity index (χ4n) is 4.71. The van der Waals surface area contributed by atoms with Crippen molar-refractivity contribution >= 4 is 5.91 Å². The van der Waals surface area contributed by atoms with Crippen molar-refractivity contribution in [1.82, 2.24) is 24.6 Å². The lowest BCUT2D eigenvalue weighted by Crippen LogP contribution is -2.49. The van der Waals surface area contributed by atoms with Crippen LogP contribution >= 0.6 is 0 Å². The summed E-state index contributed by atoms with van der Waals surface area (Å²) in [4.78, 5) is 24.6. The van der Waals surface area contributed by atoms with E-state index in [2.05, 4.69) is 10.1 Å². The van der Waals surface area contributed by atoms with E-state index in [9.17, 15) is 4.79 Å². The highest BCUT2D eigenvalue weighted by atomic mass is 16.5. The molecule has 1 spiro atoms. The summed E-state index contributed by atoms with van der Waals surface area (Å²) >= 11 is 0. The Balaban J connectivity index is 1.40. The molecule has 5 rings (SSSR count). The Labute approximate surface area is 182 Å². The maximum absolute atomic E-state index is 13.1. The van der Waals surface area contributed by atoms with Crippen molar-refractivity contribution in [3.63, 3.8) is 0 Å². The Morgan fingerprint density at radius 1 is 1.19 bits per heavy atom. The topological polar surface area (TPSA) is 73.1 Å². The Bertz CT molecular complexity index is 1100. The van der Waals surface area contributed by atoms with Gasteiger partial charge in [0.1, 0.15) is 11.3 Å². The lowest BCUT2D eigenvalue weighted by Gasteiger charge is -2.44. The van der Waals surface area contributed by atoms with E-state index in [0.29, 0.717) is 31.9 Å². The van der Waals surface area contributed by atoms with Gasteiger partial charge in [-0.25, -0.2) is 9.97 Å². The molecule has 0 saturated carbocycles. The summed E-state index contributed by atoms with van der Waals surface area (Å²) in [6, 6.07) is 11.9. The van der Waals surface area contributed by atoms with Gasteiger partial charge < -0.3 is 9.64 Å². The van der Waals surface area contributed by atoms with Crippen LogP contribution in [0.2, 0.25) is 0 Å². The third kappa shape index (κ3) is 3.53. The van der Waals surface area contributed by atoms with E-state index >= 15 is 0 Å². The summed E-state index contributed by atoms with van der Waals surface area (Å²) in [7, 11) is 0. The summed E-state index contributed by atoms with van der Waals surface area (Å²) in [5, 5.41) is 4.42. The molecule has 7 nitrogen and oxygen atoms in total. The van der Waals surface area contributed by atoms with E-state index in [1.807, 2.05) is 61.3 Å². The van der Waals surface area contributed by atoms with Crippen molar-refractivity contribution in [2.45, 2.75) is 45.3 Å². The van der Waals surface area contributed by atoms with Gasteiger partial charge in [0.05, 0.1) is 18.0 Å². The summed E-state index contributed by atoms with van der Waals surface area (Å²) in [5.74, 6) is 0.769. The van der Waals surface area contributed by atoms with Gasteiger partial charge in [-0.1, -0.05) is 30.3 Å². The second-order valence-electron chi connectivity index (χ2n) is 8.31. The van der Waals surface area contributed by atoms with Crippen LogP contribution in [0.5, 0.6) is 0 Å². The van der Waals surface area contributed by atoms with Crippen LogP contribution in [0.15, 0.2) is 42.6 Å². The lowest BCUT2D eigenvalue weighted by molar-refractivity contribution is -0.0967. The number of fused-ring (bicyclic) bond motifs is 2. The third-order valence-corrected chi connectivity index (χ3v) is 6.36. The number of hydrogen-bond donors (Lipinski definition) is 0. The average Bonchev–Trinajstić information content (AvgIpc) is 3.20. The largest absolute Gasteiger partial charge is 0.368 e. The van der Waals surface area contributed by atoms with Gasteiger partial charge in [-0.05, 0) is 44.7 Å². The van der Waals surface area contributed by atoms with Gasteiger partial charge in [-0.15, -0.1) is 0 Å². The van der Waals surface area contributed by atoms with Crippen LogP contribution in [0, 0.1) is 6.92 Å². The van der Waals surface area contributed by atoms with E-state index in [1.165, 1.54) is 0 Å². The highest BCUT2D eigenvalue weighted by Crippen LogP contribution is 2.41. The Kier molecular flexibility index (Phi) is 5.06. The number of aromatic nitrogens is 4. The molecule has 160 valence electrons. The molecule has 1 aromatic carbocycles. The number of carbonyl (C=O) groups is 1. The second kappa shape index (κ2) is 7.89. The predicted molar refractivity (Wildman–Crippen MR) is 117 cm³/mol. The molecule has 7 heteroatoms. The first-order valence-electron chi connectivity index (χ1n) is 11.0. The zero-order valence-corrected chi connectivity index (χ0v) is 18.0. The maximum atomic E-state index is 13.1. The SMILES string of the molecule is CCn1nc(C)cc1C(=O)N1CCC2(CC1)OCCc1cnc(-c3ccccc3)nc12. The molecule has 1 amide bonds. The zero-order valence-electron chi connectivity index (χ0n) is 18.0. The minimum atomic E-state index is -0.447. The van der Waals surface area contributed by atoms with E-state index in [0.717, 1.165) is 47.6 Å². The summed E-state index contributed by atoms with van der Waals surface area (Å²) in [6.45, 7) is 6.54. The molecule has 0 N–H and O–H groups in total. The van der Waals surface area contributed by atoms with Crippen molar-refractivity contribution in [2.75, 3.05) is 19.7 Å². The van der Waals surface area contributed by atoms with E-state index in [4.69, 9.17) is 9.72 Å². The molecular weight excluding hydrogens is 390 g/mol. The number of likely N-dealkylation sites (tertiary alicyclic amines) is 1. The van der Waals surface area contributed by atoms with Gasteiger partial charge in [0.25, 0.3) is 5.91 Å². The fraction of sp³-hybridized carbons (Fsp3) is 0.417.